The molecule has 0 unspecified atom stereocenters. The number of amides is 1. The summed E-state index contributed by atoms with van der Waals surface area (Å²) in [5.41, 5.74) is 6.01. The normalized spacial score (nSPS) is 18.7. The largest absolute Gasteiger partial charge is 0.378 e. The summed E-state index contributed by atoms with van der Waals surface area (Å²) < 4.78 is 14.4. The van der Waals surface area contributed by atoms with Crippen LogP contribution in [0.1, 0.15) is 23.0 Å². The van der Waals surface area contributed by atoms with Crippen molar-refractivity contribution in [2.24, 2.45) is 10.7 Å². The third kappa shape index (κ3) is 3.58. The number of halogens is 1. The quantitative estimate of drug-likeness (QED) is 0.808. The Labute approximate surface area is 153 Å². The molecule has 0 saturated heterocycles. The lowest BCUT2D eigenvalue weighted by molar-refractivity contribution is 0.102. The van der Waals surface area contributed by atoms with Gasteiger partial charge in [-0.05, 0) is 42.7 Å². The molecule has 1 amide bonds. The van der Waals surface area contributed by atoms with Gasteiger partial charge in [0.2, 0.25) is 5.69 Å². The summed E-state index contributed by atoms with van der Waals surface area (Å²) in [6.07, 6.45) is 3.07. The number of benzene rings is 1. The number of amidine groups is 1. The van der Waals surface area contributed by atoms with Crippen LogP contribution in [-0.2, 0) is 5.54 Å². The van der Waals surface area contributed by atoms with Crippen LogP contribution in [0.15, 0.2) is 53.0 Å². The molecule has 26 heavy (non-hydrogen) atoms. The van der Waals surface area contributed by atoms with E-state index in [1.54, 1.807) is 18.4 Å². The van der Waals surface area contributed by atoms with Gasteiger partial charge in [-0.15, -0.1) is 0 Å². The molecule has 0 radical (unpaired) electrons. The molecular formula is C18H14FN5OS. The Morgan fingerprint density at radius 1 is 1.38 bits per heavy atom. The van der Waals surface area contributed by atoms with Crippen molar-refractivity contribution >= 4 is 34.2 Å². The fourth-order valence-electron chi connectivity index (χ4n) is 2.45. The number of pyridine rings is 1. The molecule has 3 rings (SSSR count). The number of hydrogen-bond donors (Lipinski definition) is 2. The van der Waals surface area contributed by atoms with Gasteiger partial charge in [-0.25, -0.2) is 14.2 Å². The lowest BCUT2D eigenvalue weighted by Gasteiger charge is -2.26. The Morgan fingerprint density at radius 2 is 2.19 bits per heavy atom. The molecule has 8 heteroatoms. The molecular weight excluding hydrogens is 353 g/mol. The average molecular weight is 367 g/mol. The first-order valence-corrected chi connectivity index (χ1v) is 8.44. The topological polar surface area (TPSA) is 84.7 Å². The van der Waals surface area contributed by atoms with Crippen LogP contribution in [0.25, 0.3) is 4.85 Å². The summed E-state index contributed by atoms with van der Waals surface area (Å²) in [7, 11) is 0. The Morgan fingerprint density at radius 3 is 2.85 bits per heavy atom. The summed E-state index contributed by atoms with van der Waals surface area (Å²) in [6.45, 7) is 8.64. The van der Waals surface area contributed by atoms with Crippen LogP contribution in [0.3, 0.4) is 0 Å². The average Bonchev–Trinajstić information content (AvgIpc) is 2.63. The van der Waals surface area contributed by atoms with E-state index in [2.05, 4.69) is 20.1 Å². The zero-order valence-corrected chi connectivity index (χ0v) is 14.5. The molecule has 130 valence electrons. The molecule has 1 aromatic carbocycles. The summed E-state index contributed by atoms with van der Waals surface area (Å²) >= 11 is 1.26. The summed E-state index contributed by atoms with van der Waals surface area (Å²) in [6, 6.07) is 7.22. The number of aromatic nitrogens is 1. The van der Waals surface area contributed by atoms with E-state index in [1.165, 1.54) is 48.3 Å². The highest BCUT2D eigenvalue weighted by atomic mass is 32.2. The lowest BCUT2D eigenvalue weighted by Crippen LogP contribution is -2.25. The van der Waals surface area contributed by atoms with Crippen molar-refractivity contribution in [2.75, 3.05) is 5.32 Å². The van der Waals surface area contributed by atoms with Gasteiger partial charge in [0, 0.05) is 17.4 Å². The van der Waals surface area contributed by atoms with E-state index >= 15 is 0 Å². The van der Waals surface area contributed by atoms with Crippen molar-refractivity contribution in [3.05, 3.63) is 76.5 Å². The van der Waals surface area contributed by atoms with Crippen molar-refractivity contribution in [3.8, 4) is 0 Å². The first-order valence-electron chi connectivity index (χ1n) is 7.56. The Balaban J connectivity index is 1.88. The summed E-state index contributed by atoms with van der Waals surface area (Å²) in [4.78, 5) is 23.8. The van der Waals surface area contributed by atoms with Gasteiger partial charge in [-0.3, -0.25) is 9.78 Å². The number of carbonyl (C=O) groups excluding carboxylic acids is 1. The highest BCUT2D eigenvalue weighted by molar-refractivity contribution is 8.16. The molecule has 3 N–H and O–H groups in total. The number of nitrogens with one attached hydrogen (secondary N) is 1. The number of hydrogen-bond acceptors (Lipinski definition) is 5. The van der Waals surface area contributed by atoms with Crippen LogP contribution in [0, 0.1) is 12.4 Å². The van der Waals surface area contributed by atoms with Crippen LogP contribution < -0.4 is 11.1 Å². The molecule has 0 aliphatic carbocycles. The first kappa shape index (κ1) is 17.6. The summed E-state index contributed by atoms with van der Waals surface area (Å²) in [5, 5.41) is 4.78. The summed E-state index contributed by atoms with van der Waals surface area (Å²) in [5.74, 6) is -0.903. The van der Waals surface area contributed by atoms with E-state index in [-0.39, 0.29) is 5.69 Å². The van der Waals surface area contributed by atoms with Gasteiger partial charge >= 0.3 is 0 Å². The van der Waals surface area contributed by atoms with Crippen LogP contribution in [0.2, 0.25) is 0 Å². The van der Waals surface area contributed by atoms with Crippen LogP contribution in [-0.4, -0.2) is 16.1 Å². The molecule has 1 aliphatic rings. The molecule has 1 atom stereocenters. The molecule has 0 bridgehead atoms. The van der Waals surface area contributed by atoms with Crippen LogP contribution >= 0.6 is 11.8 Å². The van der Waals surface area contributed by atoms with Gasteiger partial charge in [-0.1, -0.05) is 17.8 Å². The number of nitrogens with two attached hydrogens (primary N) is 1. The van der Waals surface area contributed by atoms with Crippen molar-refractivity contribution < 1.29 is 9.18 Å². The zero-order valence-electron chi connectivity index (χ0n) is 13.7. The lowest BCUT2D eigenvalue weighted by atomic mass is 9.92. The standard InChI is InChI=1S/C18H14FN5OS/c1-18(7-8-26-17(20)24-18)13-9-11(3-5-14(13)19)23-16(25)15-6-4-12(21-2)10-22-15/h3-10H,1H3,(H2,20,24)(H,23,25)/t18-/m0/s1. The number of thioether (sulfide) groups is 1. The maximum absolute atomic E-state index is 14.4. The minimum atomic E-state index is -0.949. The van der Waals surface area contributed by atoms with E-state index in [4.69, 9.17) is 12.3 Å². The Hall–Kier alpha value is -3.18. The van der Waals surface area contributed by atoms with Gasteiger partial charge in [0.15, 0.2) is 5.17 Å². The highest BCUT2D eigenvalue weighted by Crippen LogP contribution is 2.35. The molecule has 0 saturated carbocycles. The molecule has 1 aliphatic heterocycles. The van der Waals surface area contributed by atoms with Gasteiger partial charge < -0.3 is 11.1 Å². The second-order valence-corrected chi connectivity index (χ2v) is 6.61. The predicted octanol–water partition coefficient (Wildman–Crippen LogP) is 3.81. The van der Waals surface area contributed by atoms with Gasteiger partial charge in [0.25, 0.3) is 5.91 Å². The van der Waals surface area contributed by atoms with Crippen LogP contribution in [0.4, 0.5) is 15.8 Å². The number of carbonyl (C=O) groups is 1. The van der Waals surface area contributed by atoms with E-state index in [0.717, 1.165) is 0 Å². The minimum Gasteiger partial charge on any atom is -0.378 e. The molecule has 6 nitrogen and oxygen atoms in total. The molecule has 2 aromatic rings. The Bertz CT molecular complexity index is 965. The SMILES string of the molecule is [C-]#[N+]c1ccc(C(=O)Nc2ccc(F)c([C@]3(C)C=CSC(N)=N3)c2)nc1. The second-order valence-electron chi connectivity index (χ2n) is 5.68. The molecule has 1 aromatic heterocycles. The molecule has 0 fully saturated rings. The molecule has 2 heterocycles. The second kappa shape index (κ2) is 6.98. The third-order valence-electron chi connectivity index (χ3n) is 3.80. The first-order chi connectivity index (χ1) is 12.4. The maximum Gasteiger partial charge on any atom is 0.274 e. The van der Waals surface area contributed by atoms with E-state index in [9.17, 15) is 9.18 Å². The minimum absolute atomic E-state index is 0.158. The Kier molecular flexibility index (Phi) is 4.73. The van der Waals surface area contributed by atoms with Crippen molar-refractivity contribution in [1.82, 2.24) is 4.98 Å². The fraction of sp³-hybridized carbons (Fsp3) is 0.111. The maximum atomic E-state index is 14.4. The van der Waals surface area contributed by atoms with Crippen molar-refractivity contribution in [2.45, 2.75) is 12.5 Å². The number of nitrogens with zero attached hydrogens (tertiary/aromatic N) is 3. The number of aliphatic imine (C=N–C) groups is 1. The third-order valence-corrected chi connectivity index (χ3v) is 4.41. The zero-order chi connectivity index (χ0) is 18.7. The van der Waals surface area contributed by atoms with Gasteiger partial charge in [0.05, 0.1) is 6.57 Å². The van der Waals surface area contributed by atoms with Gasteiger partial charge in [-0.2, -0.15) is 0 Å². The van der Waals surface area contributed by atoms with E-state index in [1.807, 2.05) is 0 Å². The van der Waals surface area contributed by atoms with Gasteiger partial charge in [0.1, 0.15) is 17.1 Å². The molecule has 0 spiro atoms. The van der Waals surface area contributed by atoms with E-state index < -0.39 is 17.3 Å². The highest BCUT2D eigenvalue weighted by Gasteiger charge is 2.29. The van der Waals surface area contributed by atoms with E-state index in [0.29, 0.717) is 22.1 Å². The smallest absolute Gasteiger partial charge is 0.274 e. The number of anilines is 1. The van der Waals surface area contributed by atoms with Crippen molar-refractivity contribution in [3.63, 3.8) is 0 Å². The number of rotatable bonds is 3. The fourth-order valence-corrected chi connectivity index (χ4v) is 3.17. The predicted molar refractivity (Wildman–Crippen MR) is 101 cm³/mol. The van der Waals surface area contributed by atoms with Crippen molar-refractivity contribution in [1.29, 1.82) is 0 Å². The monoisotopic (exact) mass is 367 g/mol. The van der Waals surface area contributed by atoms with Crippen LogP contribution in [0.5, 0.6) is 0 Å².